The van der Waals surface area contributed by atoms with E-state index in [9.17, 15) is 4.79 Å². The van der Waals surface area contributed by atoms with Crippen LogP contribution in [0.2, 0.25) is 0 Å². The molecule has 1 rings (SSSR count). The zero-order chi connectivity index (χ0) is 9.40. The fraction of sp³-hybridized carbons (Fsp3) is 0.100. The maximum absolute atomic E-state index is 10.5. The van der Waals surface area contributed by atoms with Crippen LogP contribution in [0, 0.1) is 0 Å². The summed E-state index contributed by atoms with van der Waals surface area (Å²) in [7, 11) is 0. The standard InChI is InChI=1S/C8H9NO.C2H4/c1-7(10)9-8-5-3-2-4-6-8;1-2/h2-6H,1H3,(H,9,10);1-2H2. The lowest BCUT2D eigenvalue weighted by Crippen LogP contribution is -2.04. The molecule has 0 atom stereocenters. The van der Waals surface area contributed by atoms with Gasteiger partial charge in [-0.1, -0.05) is 18.2 Å². The van der Waals surface area contributed by atoms with Crippen LogP contribution in [0.5, 0.6) is 0 Å². The Kier molecular flexibility index (Phi) is 5.35. The molecule has 1 aromatic rings. The summed E-state index contributed by atoms with van der Waals surface area (Å²) in [5.41, 5.74) is 0.843. The van der Waals surface area contributed by atoms with Gasteiger partial charge in [0.05, 0.1) is 0 Å². The van der Waals surface area contributed by atoms with E-state index in [-0.39, 0.29) is 5.91 Å². The number of amides is 1. The zero-order valence-corrected chi connectivity index (χ0v) is 7.21. The molecule has 12 heavy (non-hydrogen) atoms. The highest BCUT2D eigenvalue weighted by atomic mass is 16.1. The first-order valence-corrected chi connectivity index (χ1v) is 3.61. The molecule has 0 radical (unpaired) electrons. The zero-order valence-electron chi connectivity index (χ0n) is 7.21. The predicted molar refractivity (Wildman–Crippen MR) is 52.0 cm³/mol. The molecule has 64 valence electrons. The molecule has 0 bridgehead atoms. The highest BCUT2D eigenvalue weighted by Gasteiger charge is 1.90. The number of carbonyl (C=O) groups is 1. The Morgan fingerprint density at radius 3 is 2.17 bits per heavy atom. The van der Waals surface area contributed by atoms with Gasteiger partial charge in [0, 0.05) is 12.6 Å². The maximum atomic E-state index is 10.5. The SMILES string of the molecule is C=C.CC(=O)Nc1ccccc1. The van der Waals surface area contributed by atoms with Gasteiger partial charge in [0.1, 0.15) is 0 Å². The summed E-state index contributed by atoms with van der Waals surface area (Å²) in [5.74, 6) is -0.0359. The second-order valence-electron chi connectivity index (χ2n) is 2.05. The van der Waals surface area contributed by atoms with Crippen LogP contribution in [-0.2, 0) is 4.79 Å². The number of carbonyl (C=O) groups excluding carboxylic acids is 1. The second kappa shape index (κ2) is 6.16. The third kappa shape index (κ3) is 4.28. The molecule has 0 unspecified atom stereocenters. The van der Waals surface area contributed by atoms with Gasteiger partial charge >= 0.3 is 0 Å². The van der Waals surface area contributed by atoms with Crippen molar-refractivity contribution in [3.63, 3.8) is 0 Å². The molecule has 2 nitrogen and oxygen atoms in total. The van der Waals surface area contributed by atoms with Crippen LogP contribution < -0.4 is 5.32 Å². The van der Waals surface area contributed by atoms with Crippen molar-refractivity contribution in [2.45, 2.75) is 6.92 Å². The third-order valence-corrected chi connectivity index (χ3v) is 1.09. The highest BCUT2D eigenvalue weighted by Crippen LogP contribution is 2.03. The first-order chi connectivity index (χ1) is 5.79. The Morgan fingerprint density at radius 1 is 1.25 bits per heavy atom. The lowest BCUT2D eigenvalue weighted by Gasteiger charge is -1.98. The number of anilines is 1. The number of hydrogen-bond donors (Lipinski definition) is 1. The molecule has 1 amide bonds. The molecule has 0 fully saturated rings. The normalized spacial score (nSPS) is 7.75. The number of para-hydroxylation sites is 1. The molecule has 0 aromatic heterocycles. The van der Waals surface area contributed by atoms with E-state index in [2.05, 4.69) is 18.5 Å². The molecule has 0 aliphatic rings. The van der Waals surface area contributed by atoms with Gasteiger partial charge in [-0.2, -0.15) is 0 Å². The lowest BCUT2D eigenvalue weighted by molar-refractivity contribution is -0.114. The van der Waals surface area contributed by atoms with Crippen molar-refractivity contribution in [2.75, 3.05) is 5.32 Å². The van der Waals surface area contributed by atoms with Crippen molar-refractivity contribution in [2.24, 2.45) is 0 Å². The van der Waals surface area contributed by atoms with E-state index in [1.807, 2.05) is 30.3 Å². The minimum Gasteiger partial charge on any atom is -0.326 e. The average Bonchev–Trinajstić information content (AvgIpc) is 2.08. The minimum absolute atomic E-state index is 0.0359. The molecule has 2 heteroatoms. The van der Waals surface area contributed by atoms with Gasteiger partial charge in [-0.25, -0.2) is 0 Å². The second-order valence-corrected chi connectivity index (χ2v) is 2.05. The average molecular weight is 163 g/mol. The molecule has 0 heterocycles. The summed E-state index contributed by atoms with van der Waals surface area (Å²) in [6, 6.07) is 9.37. The summed E-state index contributed by atoms with van der Waals surface area (Å²) in [6.07, 6.45) is 0. The number of hydrogen-bond acceptors (Lipinski definition) is 1. The van der Waals surface area contributed by atoms with Crippen LogP contribution >= 0.6 is 0 Å². The van der Waals surface area contributed by atoms with Crippen molar-refractivity contribution in [1.82, 2.24) is 0 Å². The third-order valence-electron chi connectivity index (χ3n) is 1.09. The van der Waals surface area contributed by atoms with Gasteiger partial charge < -0.3 is 5.32 Å². The van der Waals surface area contributed by atoms with Gasteiger partial charge in [0.15, 0.2) is 0 Å². The summed E-state index contributed by atoms with van der Waals surface area (Å²) in [5, 5.41) is 2.67. The summed E-state index contributed by atoms with van der Waals surface area (Å²) in [4.78, 5) is 10.5. The lowest BCUT2D eigenvalue weighted by atomic mass is 10.3. The van der Waals surface area contributed by atoms with E-state index in [4.69, 9.17) is 0 Å². The van der Waals surface area contributed by atoms with E-state index in [1.165, 1.54) is 6.92 Å². The van der Waals surface area contributed by atoms with Crippen molar-refractivity contribution in [3.8, 4) is 0 Å². The van der Waals surface area contributed by atoms with E-state index >= 15 is 0 Å². The predicted octanol–water partition coefficient (Wildman–Crippen LogP) is 2.45. The monoisotopic (exact) mass is 163 g/mol. The Bertz CT molecular complexity index is 231. The van der Waals surface area contributed by atoms with E-state index in [0.29, 0.717) is 0 Å². The molecule has 1 aromatic carbocycles. The van der Waals surface area contributed by atoms with Crippen LogP contribution in [0.4, 0.5) is 5.69 Å². The largest absolute Gasteiger partial charge is 0.326 e. The molecule has 0 aliphatic heterocycles. The van der Waals surface area contributed by atoms with Crippen LogP contribution in [0.25, 0.3) is 0 Å². The summed E-state index contributed by atoms with van der Waals surface area (Å²) >= 11 is 0. The smallest absolute Gasteiger partial charge is 0.221 e. The molecule has 0 saturated carbocycles. The van der Waals surface area contributed by atoms with Crippen LogP contribution in [0.3, 0.4) is 0 Å². The van der Waals surface area contributed by atoms with Crippen molar-refractivity contribution in [3.05, 3.63) is 43.5 Å². The Morgan fingerprint density at radius 2 is 1.75 bits per heavy atom. The fourth-order valence-electron chi connectivity index (χ4n) is 0.725. The van der Waals surface area contributed by atoms with Crippen molar-refractivity contribution >= 4 is 11.6 Å². The first kappa shape index (κ1) is 10.4. The number of rotatable bonds is 1. The Labute approximate surface area is 72.9 Å². The Hall–Kier alpha value is -1.57. The Balaban J connectivity index is 0.000000561. The quantitative estimate of drug-likeness (QED) is 0.633. The van der Waals surface area contributed by atoms with Crippen LogP contribution in [-0.4, -0.2) is 5.91 Å². The van der Waals surface area contributed by atoms with Gasteiger partial charge in [-0.3, -0.25) is 4.79 Å². The highest BCUT2D eigenvalue weighted by molar-refractivity contribution is 5.88. The molecular weight excluding hydrogens is 150 g/mol. The van der Waals surface area contributed by atoms with Gasteiger partial charge in [0.25, 0.3) is 0 Å². The topological polar surface area (TPSA) is 29.1 Å². The van der Waals surface area contributed by atoms with Crippen LogP contribution in [0.15, 0.2) is 43.5 Å². The molecule has 0 saturated heterocycles. The van der Waals surface area contributed by atoms with Gasteiger partial charge in [0.2, 0.25) is 5.91 Å². The molecule has 1 N–H and O–H groups in total. The number of nitrogens with one attached hydrogen (secondary N) is 1. The summed E-state index contributed by atoms with van der Waals surface area (Å²) in [6.45, 7) is 7.49. The van der Waals surface area contributed by atoms with Gasteiger partial charge in [-0.15, -0.1) is 13.2 Å². The van der Waals surface area contributed by atoms with E-state index in [0.717, 1.165) is 5.69 Å². The maximum Gasteiger partial charge on any atom is 0.221 e. The van der Waals surface area contributed by atoms with E-state index in [1.54, 1.807) is 0 Å². The van der Waals surface area contributed by atoms with Gasteiger partial charge in [-0.05, 0) is 12.1 Å². The van der Waals surface area contributed by atoms with E-state index < -0.39 is 0 Å². The molecular formula is C10H13NO. The fourth-order valence-corrected chi connectivity index (χ4v) is 0.725. The minimum atomic E-state index is -0.0359. The van der Waals surface area contributed by atoms with Crippen molar-refractivity contribution in [1.29, 1.82) is 0 Å². The first-order valence-electron chi connectivity index (χ1n) is 3.61. The summed E-state index contributed by atoms with van der Waals surface area (Å²) < 4.78 is 0. The number of benzene rings is 1. The molecule has 0 spiro atoms. The molecule has 0 aliphatic carbocycles. The van der Waals surface area contributed by atoms with Crippen molar-refractivity contribution < 1.29 is 4.79 Å². The van der Waals surface area contributed by atoms with Crippen LogP contribution in [0.1, 0.15) is 6.92 Å².